The number of hydrogen-bond acceptors (Lipinski definition) is 2. The molecule has 0 N–H and O–H groups in total. The number of allylic oxidation sites excluding steroid dienone is 2. The Labute approximate surface area is 225 Å². The van der Waals surface area contributed by atoms with Crippen molar-refractivity contribution in [2.24, 2.45) is 22.7 Å². The first-order valence-electron chi connectivity index (χ1n) is 14.7. The van der Waals surface area contributed by atoms with Crippen LogP contribution in [-0.4, -0.2) is 5.78 Å². The highest BCUT2D eigenvalue weighted by molar-refractivity contribution is 5.79. The van der Waals surface area contributed by atoms with Gasteiger partial charge in [-0.3, -0.25) is 4.79 Å². The third kappa shape index (κ3) is 8.59. The Morgan fingerprint density at radius 1 is 0.730 bits per heavy atom. The summed E-state index contributed by atoms with van der Waals surface area (Å²) in [5.74, 6) is 3.25. The van der Waals surface area contributed by atoms with Crippen LogP contribution in [0.15, 0.2) is 60.7 Å². The van der Waals surface area contributed by atoms with E-state index in [0.29, 0.717) is 23.2 Å². The molecule has 0 spiro atoms. The topological polar surface area (TPSA) is 26.3 Å². The zero-order chi connectivity index (χ0) is 26.3. The van der Waals surface area contributed by atoms with Crippen LogP contribution < -0.4 is 4.74 Å². The van der Waals surface area contributed by atoms with Gasteiger partial charge in [0.05, 0.1) is 0 Å². The Morgan fingerprint density at radius 3 is 1.95 bits per heavy atom. The number of hydrogen-bond donors (Lipinski definition) is 0. The number of carbonyl (C=O) groups excluding carboxylic acids is 1. The first-order chi connectivity index (χ1) is 17.7. The van der Waals surface area contributed by atoms with Crippen LogP contribution in [0.25, 0.3) is 5.57 Å². The Bertz CT molecular complexity index is 1010. The zero-order valence-electron chi connectivity index (χ0n) is 23.7. The molecule has 0 heterocycles. The van der Waals surface area contributed by atoms with Crippen molar-refractivity contribution < 1.29 is 9.53 Å². The molecule has 2 aromatic rings. The molecule has 2 fully saturated rings. The fourth-order valence-electron chi connectivity index (χ4n) is 6.17. The summed E-state index contributed by atoms with van der Waals surface area (Å²) in [6.45, 7) is 10.1. The van der Waals surface area contributed by atoms with Crippen molar-refractivity contribution in [3.05, 3.63) is 71.8 Å². The maximum atomic E-state index is 11.2. The van der Waals surface area contributed by atoms with E-state index in [0.717, 1.165) is 30.4 Å². The largest absolute Gasteiger partial charge is 0.489 e. The van der Waals surface area contributed by atoms with Gasteiger partial charge in [-0.1, -0.05) is 76.2 Å². The maximum absolute atomic E-state index is 11.2. The predicted molar refractivity (Wildman–Crippen MR) is 156 cm³/mol. The van der Waals surface area contributed by atoms with E-state index in [1.807, 2.05) is 18.2 Å². The number of rotatable bonds is 5. The van der Waals surface area contributed by atoms with Crippen molar-refractivity contribution in [2.75, 3.05) is 0 Å². The fraction of sp³-hybridized carbons (Fsp3) is 0.571. The molecule has 0 unspecified atom stereocenters. The van der Waals surface area contributed by atoms with E-state index in [1.165, 1.54) is 74.5 Å². The van der Waals surface area contributed by atoms with Crippen LogP contribution in [0.1, 0.15) is 109 Å². The highest BCUT2D eigenvalue weighted by Gasteiger charge is 2.32. The predicted octanol–water partition coefficient (Wildman–Crippen LogP) is 9.82. The Hall–Kier alpha value is -2.35. The van der Waals surface area contributed by atoms with E-state index >= 15 is 0 Å². The summed E-state index contributed by atoms with van der Waals surface area (Å²) in [5.41, 5.74) is 5.06. The molecule has 0 aliphatic heterocycles. The molecular weight excluding hydrogens is 452 g/mol. The van der Waals surface area contributed by atoms with E-state index < -0.39 is 0 Å². The maximum Gasteiger partial charge on any atom is 0.132 e. The zero-order valence-corrected chi connectivity index (χ0v) is 23.7. The molecule has 0 bridgehead atoms. The van der Waals surface area contributed by atoms with Crippen LogP contribution in [0.3, 0.4) is 0 Å². The minimum absolute atomic E-state index is 0.461. The van der Waals surface area contributed by atoms with Gasteiger partial charge in [-0.2, -0.15) is 0 Å². The molecule has 200 valence electrons. The number of benzene rings is 2. The van der Waals surface area contributed by atoms with Gasteiger partial charge >= 0.3 is 0 Å². The Kier molecular flexibility index (Phi) is 9.32. The van der Waals surface area contributed by atoms with Gasteiger partial charge in [-0.15, -0.1) is 0 Å². The molecule has 0 radical (unpaired) electrons. The average Bonchev–Trinajstić information content (AvgIpc) is 2.90. The second-order valence-electron chi connectivity index (χ2n) is 13.3. The molecule has 0 saturated heterocycles. The molecule has 3 aliphatic rings. The van der Waals surface area contributed by atoms with E-state index in [2.05, 4.69) is 70.2 Å². The molecule has 0 aromatic heterocycles. The van der Waals surface area contributed by atoms with Gasteiger partial charge < -0.3 is 4.74 Å². The van der Waals surface area contributed by atoms with Crippen LogP contribution in [0, 0.1) is 22.7 Å². The van der Waals surface area contributed by atoms with Crippen molar-refractivity contribution in [3.8, 4) is 5.75 Å². The third-order valence-corrected chi connectivity index (χ3v) is 9.08. The monoisotopic (exact) mass is 500 g/mol. The Balaban J connectivity index is 0.000000186. The molecule has 0 amide bonds. The number of Topliss-reactive ketones (excluding diaryl/α,β-unsaturated/α-hetero) is 1. The van der Waals surface area contributed by atoms with Crippen LogP contribution in [0.4, 0.5) is 0 Å². The summed E-state index contributed by atoms with van der Waals surface area (Å²) in [4.78, 5) is 11.2. The summed E-state index contributed by atoms with van der Waals surface area (Å²) in [5, 5.41) is 0. The van der Waals surface area contributed by atoms with Gasteiger partial charge in [-0.25, -0.2) is 0 Å². The first-order valence-corrected chi connectivity index (χ1v) is 14.7. The lowest BCUT2D eigenvalue weighted by Gasteiger charge is -2.39. The SMILES string of the molecule is CC1(C)CC=C(c2ccc(OCc3ccccc3)cc2)CC1.CC1(C)CCC(C2CCC(=O)CC2)CC1. The van der Waals surface area contributed by atoms with Crippen LogP contribution in [-0.2, 0) is 11.4 Å². The van der Waals surface area contributed by atoms with Crippen LogP contribution >= 0.6 is 0 Å². The number of ether oxygens (including phenoxy) is 1. The molecule has 37 heavy (non-hydrogen) atoms. The lowest BCUT2D eigenvalue weighted by molar-refractivity contribution is -0.121. The smallest absolute Gasteiger partial charge is 0.132 e. The minimum atomic E-state index is 0.461. The van der Waals surface area contributed by atoms with Crippen LogP contribution in [0.2, 0.25) is 0 Å². The van der Waals surface area contributed by atoms with Crippen molar-refractivity contribution in [2.45, 2.75) is 105 Å². The molecule has 2 heteroatoms. The summed E-state index contributed by atoms with van der Waals surface area (Å²) in [6, 6.07) is 18.8. The van der Waals surface area contributed by atoms with Crippen molar-refractivity contribution >= 4 is 11.4 Å². The lowest BCUT2D eigenvalue weighted by Crippen LogP contribution is -2.28. The normalized spacial score (nSPS) is 21.9. The molecule has 2 nitrogen and oxygen atoms in total. The second-order valence-corrected chi connectivity index (χ2v) is 13.3. The summed E-state index contributed by atoms with van der Waals surface area (Å²) < 4.78 is 5.85. The van der Waals surface area contributed by atoms with Crippen LogP contribution in [0.5, 0.6) is 5.75 Å². The summed E-state index contributed by atoms with van der Waals surface area (Å²) in [7, 11) is 0. The first kappa shape index (κ1) is 27.7. The van der Waals surface area contributed by atoms with Gasteiger partial charge in [0.2, 0.25) is 0 Å². The standard InChI is InChI=1S/C21H24O.C14H24O/c1-21(2)14-12-19(13-15-21)18-8-10-20(11-9-18)22-16-17-6-4-3-5-7-17;1-14(2)9-7-12(8-10-14)11-3-5-13(15)6-4-11/h3-12H,13-16H2,1-2H3;11-12H,3-10H2,1-2H3. The average molecular weight is 501 g/mol. The van der Waals surface area contributed by atoms with E-state index in [9.17, 15) is 4.79 Å². The molecular formula is C35H48O2. The summed E-state index contributed by atoms with van der Waals surface area (Å²) >= 11 is 0. The number of carbonyl (C=O) groups is 1. The molecule has 3 aliphatic carbocycles. The molecule has 2 aromatic carbocycles. The van der Waals surface area contributed by atoms with Crippen molar-refractivity contribution in [1.82, 2.24) is 0 Å². The van der Waals surface area contributed by atoms with Gasteiger partial charge in [0.1, 0.15) is 18.1 Å². The quantitative estimate of drug-likeness (QED) is 0.408. The van der Waals surface area contributed by atoms with Gasteiger partial charge in [0.15, 0.2) is 0 Å². The third-order valence-electron chi connectivity index (χ3n) is 9.08. The molecule has 2 saturated carbocycles. The van der Waals surface area contributed by atoms with E-state index in [-0.39, 0.29) is 0 Å². The van der Waals surface area contributed by atoms with Gasteiger partial charge in [0.25, 0.3) is 0 Å². The highest BCUT2D eigenvalue weighted by atomic mass is 16.5. The molecule has 5 rings (SSSR count). The highest BCUT2D eigenvalue weighted by Crippen LogP contribution is 2.44. The summed E-state index contributed by atoms with van der Waals surface area (Å²) in [6.07, 6.45) is 15.7. The van der Waals surface area contributed by atoms with Gasteiger partial charge in [0, 0.05) is 12.8 Å². The van der Waals surface area contributed by atoms with Crippen molar-refractivity contribution in [1.29, 1.82) is 0 Å². The van der Waals surface area contributed by atoms with Crippen molar-refractivity contribution in [3.63, 3.8) is 0 Å². The van der Waals surface area contributed by atoms with E-state index in [1.54, 1.807) is 0 Å². The van der Waals surface area contributed by atoms with E-state index in [4.69, 9.17) is 4.74 Å². The molecule has 0 atom stereocenters. The Morgan fingerprint density at radius 2 is 1.35 bits per heavy atom. The van der Waals surface area contributed by atoms with Gasteiger partial charge in [-0.05, 0) is 109 Å². The number of ketones is 1. The lowest BCUT2D eigenvalue weighted by atomic mass is 9.67. The minimum Gasteiger partial charge on any atom is -0.489 e. The second kappa shape index (κ2) is 12.5. The fourth-order valence-corrected chi connectivity index (χ4v) is 6.17.